The molecule has 3 aliphatic heterocycles. The quantitative estimate of drug-likeness (QED) is 0.206. The van der Waals surface area contributed by atoms with Crippen LogP contribution in [0.4, 0.5) is 11.5 Å². The zero-order valence-electron chi connectivity index (χ0n) is 30.1. The van der Waals surface area contributed by atoms with Gasteiger partial charge in [-0.1, -0.05) is 56.3 Å². The van der Waals surface area contributed by atoms with Gasteiger partial charge >= 0.3 is 6.01 Å². The van der Waals surface area contributed by atoms with E-state index >= 15 is 0 Å². The van der Waals surface area contributed by atoms with Crippen LogP contribution >= 0.6 is 11.6 Å². The Kier molecular flexibility index (Phi) is 10.7. The number of halogens is 1. The predicted molar refractivity (Wildman–Crippen MR) is 206 cm³/mol. The number of ether oxygens (including phenoxy) is 1. The van der Waals surface area contributed by atoms with Crippen LogP contribution in [0.3, 0.4) is 0 Å². The number of rotatable bonds is 10. The molecule has 2 saturated heterocycles. The molecule has 274 valence electrons. The molecule has 12 heteroatoms. The van der Waals surface area contributed by atoms with Crippen molar-refractivity contribution in [2.24, 2.45) is 0 Å². The van der Waals surface area contributed by atoms with Crippen LogP contribution in [0.5, 0.6) is 17.5 Å². The van der Waals surface area contributed by atoms with Gasteiger partial charge in [-0.05, 0) is 47.6 Å². The highest BCUT2D eigenvalue weighted by Gasteiger charge is 2.29. The first-order valence-corrected chi connectivity index (χ1v) is 18.7. The van der Waals surface area contributed by atoms with Crippen LogP contribution in [-0.2, 0) is 24.3 Å². The SMILES string of the molecule is C=CC(=O)N1CCN(c2nc(OCCN3CCN(Cc4cc(C(C)C)c(O)cc4O)CC3)nc3c2CCN(c2cccc4cccc(Cl)c24)C3)CC1. The fraction of sp³-hybridized carbons (Fsp3) is 0.425. The molecule has 1 aromatic heterocycles. The van der Waals surface area contributed by atoms with Crippen LogP contribution in [0.25, 0.3) is 10.8 Å². The highest BCUT2D eigenvalue weighted by atomic mass is 35.5. The van der Waals surface area contributed by atoms with Gasteiger partial charge < -0.3 is 29.6 Å². The van der Waals surface area contributed by atoms with E-state index in [1.807, 2.05) is 36.9 Å². The summed E-state index contributed by atoms with van der Waals surface area (Å²) in [6, 6.07) is 16.1. The number of aromatic hydroxyl groups is 2. The van der Waals surface area contributed by atoms with E-state index in [2.05, 4.69) is 50.4 Å². The van der Waals surface area contributed by atoms with Gasteiger partial charge in [-0.25, -0.2) is 0 Å². The van der Waals surface area contributed by atoms with E-state index in [0.29, 0.717) is 51.9 Å². The van der Waals surface area contributed by atoms with Crippen molar-refractivity contribution in [3.63, 3.8) is 0 Å². The van der Waals surface area contributed by atoms with E-state index in [4.69, 9.17) is 26.3 Å². The van der Waals surface area contributed by atoms with Crippen molar-refractivity contribution in [2.45, 2.75) is 39.3 Å². The Morgan fingerprint density at radius 2 is 1.65 bits per heavy atom. The second-order valence-electron chi connectivity index (χ2n) is 14.2. The average molecular weight is 726 g/mol. The average Bonchev–Trinajstić information content (AvgIpc) is 3.15. The number of hydrogen-bond acceptors (Lipinski definition) is 10. The minimum absolute atomic E-state index is 0.0441. The predicted octanol–water partition coefficient (Wildman–Crippen LogP) is 5.41. The molecule has 0 atom stereocenters. The summed E-state index contributed by atoms with van der Waals surface area (Å²) in [4.78, 5) is 33.5. The summed E-state index contributed by atoms with van der Waals surface area (Å²) in [5.41, 5.74) is 4.87. The Labute approximate surface area is 310 Å². The van der Waals surface area contributed by atoms with Crippen molar-refractivity contribution >= 4 is 39.8 Å². The van der Waals surface area contributed by atoms with Crippen LogP contribution < -0.4 is 14.5 Å². The lowest BCUT2D eigenvalue weighted by molar-refractivity contribution is -0.126. The lowest BCUT2D eigenvalue weighted by Gasteiger charge is -2.38. The molecule has 3 aromatic carbocycles. The van der Waals surface area contributed by atoms with Gasteiger partial charge in [0.05, 0.1) is 17.3 Å². The van der Waals surface area contributed by atoms with Crippen molar-refractivity contribution in [1.29, 1.82) is 0 Å². The van der Waals surface area contributed by atoms with Gasteiger partial charge in [-0.3, -0.25) is 14.6 Å². The van der Waals surface area contributed by atoms with E-state index in [9.17, 15) is 15.0 Å². The summed E-state index contributed by atoms with van der Waals surface area (Å²) >= 11 is 6.73. The molecule has 0 spiro atoms. The van der Waals surface area contributed by atoms with Crippen molar-refractivity contribution < 1.29 is 19.7 Å². The van der Waals surface area contributed by atoms with E-state index in [-0.39, 0.29) is 23.3 Å². The highest BCUT2D eigenvalue weighted by Crippen LogP contribution is 2.37. The van der Waals surface area contributed by atoms with Crippen LogP contribution in [0, 0.1) is 0 Å². The normalized spacial score (nSPS) is 17.1. The molecule has 4 aromatic rings. The topological polar surface area (TPSA) is 109 Å². The molecule has 7 rings (SSSR count). The number of amides is 1. The molecule has 4 heterocycles. The number of anilines is 2. The summed E-state index contributed by atoms with van der Waals surface area (Å²) in [5, 5.41) is 23.6. The number of nitrogens with zero attached hydrogens (tertiary/aromatic N) is 7. The van der Waals surface area contributed by atoms with Crippen LogP contribution in [0.15, 0.2) is 61.2 Å². The molecule has 0 unspecified atom stereocenters. The molecule has 0 saturated carbocycles. The lowest BCUT2D eigenvalue weighted by Crippen LogP contribution is -2.49. The Balaban J connectivity index is 1.03. The fourth-order valence-electron chi connectivity index (χ4n) is 7.64. The molecule has 0 aliphatic carbocycles. The minimum Gasteiger partial charge on any atom is -0.508 e. The fourth-order valence-corrected chi connectivity index (χ4v) is 7.91. The monoisotopic (exact) mass is 725 g/mol. The number of benzene rings is 3. The van der Waals surface area contributed by atoms with Gasteiger partial charge in [0.15, 0.2) is 0 Å². The van der Waals surface area contributed by atoms with Gasteiger partial charge in [-0.15, -0.1) is 0 Å². The second-order valence-corrected chi connectivity index (χ2v) is 14.6. The molecular formula is C40H48ClN7O4. The van der Waals surface area contributed by atoms with Crippen LogP contribution in [0.2, 0.25) is 5.02 Å². The first kappa shape index (κ1) is 35.8. The maximum atomic E-state index is 12.3. The third-order valence-electron chi connectivity index (χ3n) is 10.6. The Morgan fingerprint density at radius 3 is 2.38 bits per heavy atom. The number of phenolic OH excluding ortho intramolecular Hbond substituents is 2. The third kappa shape index (κ3) is 7.62. The summed E-state index contributed by atoms with van der Waals surface area (Å²) < 4.78 is 6.32. The van der Waals surface area contributed by atoms with Gasteiger partial charge in [-0.2, -0.15) is 9.97 Å². The zero-order valence-corrected chi connectivity index (χ0v) is 30.9. The van der Waals surface area contributed by atoms with Crippen LogP contribution in [-0.4, -0.2) is 113 Å². The Bertz CT molecular complexity index is 1930. The first-order chi connectivity index (χ1) is 25.2. The van der Waals surface area contributed by atoms with Crippen molar-refractivity contribution in [1.82, 2.24) is 24.7 Å². The van der Waals surface area contributed by atoms with Gasteiger partial charge in [0.2, 0.25) is 5.91 Å². The number of carbonyl (C=O) groups is 1. The van der Waals surface area contributed by atoms with E-state index in [1.165, 1.54) is 12.1 Å². The Hall–Kier alpha value is -4.58. The highest BCUT2D eigenvalue weighted by molar-refractivity contribution is 6.36. The molecule has 0 bridgehead atoms. The van der Waals surface area contributed by atoms with Crippen LogP contribution in [0.1, 0.15) is 42.1 Å². The van der Waals surface area contributed by atoms with Crippen molar-refractivity contribution in [3.05, 3.63) is 88.6 Å². The van der Waals surface area contributed by atoms with Gasteiger partial charge in [0, 0.05) is 100 Å². The molecule has 52 heavy (non-hydrogen) atoms. The number of phenols is 2. The largest absolute Gasteiger partial charge is 0.508 e. The molecule has 11 nitrogen and oxygen atoms in total. The maximum absolute atomic E-state index is 12.3. The summed E-state index contributed by atoms with van der Waals surface area (Å²) in [6.45, 7) is 17.1. The number of fused-ring (bicyclic) bond motifs is 2. The maximum Gasteiger partial charge on any atom is 0.318 e. The number of aromatic nitrogens is 2. The lowest BCUT2D eigenvalue weighted by atomic mass is 9.98. The zero-order chi connectivity index (χ0) is 36.4. The van der Waals surface area contributed by atoms with Gasteiger partial charge in [0.25, 0.3) is 0 Å². The molecular weight excluding hydrogens is 678 g/mol. The Morgan fingerprint density at radius 1 is 0.923 bits per heavy atom. The van der Waals surface area contributed by atoms with Crippen molar-refractivity contribution in [2.75, 3.05) is 81.9 Å². The molecule has 2 N–H and O–H groups in total. The summed E-state index contributed by atoms with van der Waals surface area (Å²) in [5.74, 6) is 1.31. The third-order valence-corrected chi connectivity index (χ3v) is 10.9. The summed E-state index contributed by atoms with van der Waals surface area (Å²) in [7, 11) is 0. The second kappa shape index (κ2) is 15.6. The molecule has 2 fully saturated rings. The van der Waals surface area contributed by atoms with Gasteiger partial charge in [0.1, 0.15) is 23.9 Å². The number of hydrogen-bond donors (Lipinski definition) is 2. The number of piperazine rings is 2. The number of carbonyl (C=O) groups excluding carboxylic acids is 1. The van der Waals surface area contributed by atoms with Crippen molar-refractivity contribution in [3.8, 4) is 17.5 Å². The molecule has 3 aliphatic rings. The standard InChI is InChI=1S/C40H48ClN7O4/c1-4-37(51)46-17-19-47(20-18-46)39-30-11-12-48(34-10-6-8-28-7-5-9-32(41)38(28)34)26-33(30)42-40(43-39)52-22-21-44-13-15-45(16-14-44)25-29-23-31(27(2)3)36(50)24-35(29)49/h4-10,23-24,27,49-50H,1,11-22,25-26H2,2-3H3. The first-order valence-electron chi connectivity index (χ1n) is 18.3. The van der Waals surface area contributed by atoms with E-state index < -0.39 is 0 Å². The smallest absolute Gasteiger partial charge is 0.318 e. The minimum atomic E-state index is -0.0441. The molecule has 1 amide bonds. The van der Waals surface area contributed by atoms with E-state index in [0.717, 1.165) is 95.4 Å². The summed E-state index contributed by atoms with van der Waals surface area (Å²) in [6.07, 6.45) is 2.16. The van der Waals surface area contributed by atoms with E-state index in [1.54, 1.807) is 0 Å². The molecule has 0 radical (unpaired) electrons.